The monoisotopic (exact) mass is 382 g/mol. The Labute approximate surface area is 150 Å². The number of alkyl halides is 3. The molecule has 0 aromatic rings. The third-order valence-corrected chi connectivity index (χ3v) is 3.60. The lowest BCUT2D eigenvalue weighted by molar-refractivity contribution is -0.190. The van der Waals surface area contributed by atoms with Crippen LogP contribution in [0.1, 0.15) is 40.5 Å². The number of hydrogen-bond acceptors (Lipinski definition) is 5. The SMILES string of the molecule is CCOC(=O)CN(C(=O)C(F)(F)F)[C@H]1CCCN(C(=O)OC(C)(C)C)C1. The van der Waals surface area contributed by atoms with Gasteiger partial charge in [0.1, 0.15) is 12.1 Å². The Balaban J connectivity index is 2.93. The molecule has 10 heteroatoms. The van der Waals surface area contributed by atoms with Gasteiger partial charge in [-0.15, -0.1) is 0 Å². The van der Waals surface area contributed by atoms with Crippen molar-refractivity contribution < 1.29 is 37.0 Å². The van der Waals surface area contributed by atoms with Gasteiger partial charge in [0.05, 0.1) is 12.6 Å². The van der Waals surface area contributed by atoms with Gasteiger partial charge in [-0.2, -0.15) is 13.2 Å². The van der Waals surface area contributed by atoms with E-state index in [1.807, 2.05) is 0 Å². The molecule has 1 aliphatic heterocycles. The number of carbonyl (C=O) groups excluding carboxylic acids is 3. The Kier molecular flexibility index (Phi) is 7.28. The highest BCUT2D eigenvalue weighted by Gasteiger charge is 2.46. The molecular weight excluding hydrogens is 357 g/mol. The third-order valence-electron chi connectivity index (χ3n) is 3.60. The average molecular weight is 382 g/mol. The maximum Gasteiger partial charge on any atom is 0.471 e. The summed E-state index contributed by atoms with van der Waals surface area (Å²) in [5, 5.41) is 0. The summed E-state index contributed by atoms with van der Waals surface area (Å²) in [6.45, 7) is 5.86. The number of carbonyl (C=O) groups is 3. The molecule has 0 aliphatic carbocycles. The van der Waals surface area contributed by atoms with Gasteiger partial charge >= 0.3 is 24.1 Å². The molecule has 0 unspecified atom stereocenters. The number of esters is 1. The standard InChI is InChI=1S/C16H25F3N2O5/c1-5-25-12(22)10-21(13(23)16(17,18)19)11-7-6-8-20(9-11)14(24)26-15(2,3)4/h11H,5-10H2,1-4H3/t11-/m0/s1. The number of halogens is 3. The third kappa shape index (κ3) is 6.72. The van der Waals surface area contributed by atoms with E-state index >= 15 is 0 Å². The molecule has 0 saturated carbocycles. The second-order valence-corrected chi connectivity index (χ2v) is 6.96. The van der Waals surface area contributed by atoms with Crippen LogP contribution < -0.4 is 0 Å². The molecule has 1 heterocycles. The molecule has 1 aliphatic rings. The minimum absolute atomic E-state index is 0.0123. The number of amides is 2. The van der Waals surface area contributed by atoms with Crippen LogP contribution in [0.4, 0.5) is 18.0 Å². The molecule has 0 bridgehead atoms. The molecular formula is C16H25F3N2O5. The van der Waals surface area contributed by atoms with Crippen LogP contribution in [0.15, 0.2) is 0 Å². The van der Waals surface area contributed by atoms with Gasteiger partial charge in [0.2, 0.25) is 0 Å². The zero-order valence-corrected chi connectivity index (χ0v) is 15.4. The first kappa shape index (κ1) is 22.0. The average Bonchev–Trinajstić information content (AvgIpc) is 2.50. The summed E-state index contributed by atoms with van der Waals surface area (Å²) < 4.78 is 48.6. The van der Waals surface area contributed by atoms with E-state index in [4.69, 9.17) is 4.74 Å². The van der Waals surface area contributed by atoms with E-state index in [1.165, 1.54) is 11.8 Å². The summed E-state index contributed by atoms with van der Waals surface area (Å²) in [5.74, 6) is -3.05. The van der Waals surface area contributed by atoms with E-state index < -0.39 is 42.3 Å². The fourth-order valence-corrected chi connectivity index (χ4v) is 2.58. The quantitative estimate of drug-likeness (QED) is 0.698. The summed E-state index contributed by atoms with van der Waals surface area (Å²) in [7, 11) is 0. The van der Waals surface area contributed by atoms with Crippen LogP contribution in [0.5, 0.6) is 0 Å². The van der Waals surface area contributed by atoms with Gasteiger partial charge in [0.15, 0.2) is 0 Å². The first-order valence-electron chi connectivity index (χ1n) is 8.36. The van der Waals surface area contributed by atoms with E-state index in [0.717, 1.165) is 0 Å². The number of piperidine rings is 1. The molecule has 0 N–H and O–H groups in total. The highest BCUT2D eigenvalue weighted by molar-refractivity contribution is 5.86. The van der Waals surface area contributed by atoms with Crippen molar-refractivity contribution in [3.05, 3.63) is 0 Å². The van der Waals surface area contributed by atoms with Crippen LogP contribution in [0, 0.1) is 0 Å². The number of nitrogens with zero attached hydrogens (tertiary/aromatic N) is 2. The Morgan fingerprint density at radius 1 is 1.19 bits per heavy atom. The second kappa shape index (κ2) is 8.59. The summed E-state index contributed by atoms with van der Waals surface area (Å²) >= 11 is 0. The lowest BCUT2D eigenvalue weighted by Crippen LogP contribution is -2.56. The van der Waals surface area contributed by atoms with Crippen LogP contribution >= 0.6 is 0 Å². The molecule has 0 aromatic heterocycles. The Hall–Kier alpha value is -2.00. The van der Waals surface area contributed by atoms with Gasteiger partial charge in [-0.1, -0.05) is 0 Å². The minimum Gasteiger partial charge on any atom is -0.465 e. The zero-order chi connectivity index (χ0) is 20.1. The second-order valence-electron chi connectivity index (χ2n) is 6.96. The molecule has 1 saturated heterocycles. The molecule has 2 amide bonds. The Bertz CT molecular complexity index is 531. The van der Waals surface area contributed by atoms with Gasteiger partial charge in [-0.25, -0.2) is 4.79 Å². The van der Waals surface area contributed by atoms with Crippen molar-refractivity contribution in [2.75, 3.05) is 26.2 Å². The predicted molar refractivity (Wildman–Crippen MR) is 85.2 cm³/mol. The number of likely N-dealkylation sites (tertiary alicyclic amines) is 1. The summed E-state index contributed by atoms with van der Waals surface area (Å²) in [4.78, 5) is 37.3. The van der Waals surface area contributed by atoms with E-state index in [9.17, 15) is 27.6 Å². The van der Waals surface area contributed by atoms with Crippen LogP contribution in [0.2, 0.25) is 0 Å². The smallest absolute Gasteiger partial charge is 0.465 e. The summed E-state index contributed by atoms with van der Waals surface area (Å²) in [5.41, 5.74) is -0.754. The van der Waals surface area contributed by atoms with Gasteiger partial charge in [-0.3, -0.25) is 9.59 Å². The largest absolute Gasteiger partial charge is 0.471 e. The first-order valence-corrected chi connectivity index (χ1v) is 8.36. The van der Waals surface area contributed by atoms with E-state index in [2.05, 4.69) is 4.74 Å². The van der Waals surface area contributed by atoms with Crippen molar-refractivity contribution in [3.63, 3.8) is 0 Å². The van der Waals surface area contributed by atoms with Gasteiger partial charge in [-0.05, 0) is 40.5 Å². The van der Waals surface area contributed by atoms with Crippen molar-refractivity contribution in [2.24, 2.45) is 0 Å². The molecule has 7 nitrogen and oxygen atoms in total. The zero-order valence-electron chi connectivity index (χ0n) is 15.4. The van der Waals surface area contributed by atoms with Crippen molar-refractivity contribution in [1.82, 2.24) is 9.80 Å². The molecule has 150 valence electrons. The van der Waals surface area contributed by atoms with Crippen molar-refractivity contribution in [3.8, 4) is 0 Å². The highest BCUT2D eigenvalue weighted by atomic mass is 19.4. The fourth-order valence-electron chi connectivity index (χ4n) is 2.58. The summed E-state index contributed by atoms with van der Waals surface area (Å²) in [6, 6.07) is -0.949. The van der Waals surface area contributed by atoms with Crippen LogP contribution in [-0.4, -0.2) is 71.8 Å². The van der Waals surface area contributed by atoms with Crippen LogP contribution in [0.25, 0.3) is 0 Å². The maximum absolute atomic E-state index is 12.9. The lowest BCUT2D eigenvalue weighted by Gasteiger charge is -2.39. The fraction of sp³-hybridized carbons (Fsp3) is 0.812. The Morgan fingerprint density at radius 2 is 1.81 bits per heavy atom. The normalized spacial score (nSPS) is 18.3. The highest BCUT2D eigenvalue weighted by Crippen LogP contribution is 2.24. The van der Waals surface area contributed by atoms with Crippen LogP contribution in [0.3, 0.4) is 0 Å². The molecule has 26 heavy (non-hydrogen) atoms. The molecule has 0 radical (unpaired) electrons. The van der Waals surface area contributed by atoms with Crippen molar-refractivity contribution in [2.45, 2.75) is 58.4 Å². The summed E-state index contributed by atoms with van der Waals surface area (Å²) in [6.07, 6.45) is -5.17. The molecule has 0 aromatic carbocycles. The minimum atomic E-state index is -5.12. The Morgan fingerprint density at radius 3 is 2.31 bits per heavy atom. The van der Waals surface area contributed by atoms with E-state index in [0.29, 0.717) is 17.9 Å². The maximum atomic E-state index is 12.9. The number of rotatable bonds is 4. The number of hydrogen-bond donors (Lipinski definition) is 0. The number of ether oxygens (including phenoxy) is 2. The van der Waals surface area contributed by atoms with Gasteiger partial charge < -0.3 is 19.3 Å². The molecule has 1 rings (SSSR count). The first-order chi connectivity index (χ1) is 11.8. The van der Waals surface area contributed by atoms with E-state index in [1.54, 1.807) is 20.8 Å². The predicted octanol–water partition coefficient (Wildman–Crippen LogP) is 2.34. The molecule has 1 fully saturated rings. The molecule has 1 atom stereocenters. The van der Waals surface area contributed by atoms with Gasteiger partial charge in [0.25, 0.3) is 0 Å². The lowest BCUT2D eigenvalue weighted by atomic mass is 10.0. The van der Waals surface area contributed by atoms with Crippen LogP contribution in [-0.2, 0) is 19.1 Å². The van der Waals surface area contributed by atoms with Crippen molar-refractivity contribution >= 4 is 18.0 Å². The van der Waals surface area contributed by atoms with E-state index in [-0.39, 0.29) is 19.6 Å². The van der Waals surface area contributed by atoms with Crippen molar-refractivity contribution in [1.29, 1.82) is 0 Å². The topological polar surface area (TPSA) is 76.2 Å². The molecule has 0 spiro atoms. The van der Waals surface area contributed by atoms with Gasteiger partial charge in [0, 0.05) is 13.1 Å².